The lowest BCUT2D eigenvalue weighted by atomic mass is 9.68. The van der Waals surface area contributed by atoms with Gasteiger partial charge in [-0.15, -0.1) is 0 Å². The largest absolute Gasteiger partial charge is 0.355 e. The van der Waals surface area contributed by atoms with Gasteiger partial charge in [0.15, 0.2) is 0 Å². The Morgan fingerprint density at radius 3 is 1.81 bits per heavy atom. The number of benzene rings is 7. The van der Waals surface area contributed by atoms with Gasteiger partial charge in [0, 0.05) is 28.7 Å². The molecular weight excluding hydrogens is 881 g/mol. The van der Waals surface area contributed by atoms with E-state index in [0.29, 0.717) is 5.92 Å². The Morgan fingerprint density at radius 2 is 1.08 bits per heavy atom. The lowest BCUT2D eigenvalue weighted by Gasteiger charge is -2.34. The molecule has 0 aromatic heterocycles. The molecule has 1 spiro atoms. The maximum Gasteiger partial charge on any atom is 0.0689 e. The topological polar surface area (TPSA) is 15.3 Å². The average molecular weight is 941 g/mol. The molecule has 6 aliphatic carbocycles. The van der Waals surface area contributed by atoms with Crippen LogP contribution in [0, 0.1) is 11.8 Å². The minimum atomic E-state index is -0.349. The van der Waals surface area contributed by atoms with E-state index in [-0.39, 0.29) is 11.3 Å². The lowest BCUT2D eigenvalue weighted by molar-refractivity contribution is 0.579. The molecule has 2 nitrogen and oxygen atoms in total. The van der Waals surface area contributed by atoms with Crippen LogP contribution in [-0.2, 0) is 5.41 Å². The van der Waals surface area contributed by atoms with Crippen LogP contribution in [-0.4, -0.2) is 0 Å². The number of nitrogens with one attached hydrogen (secondary N) is 1. The van der Waals surface area contributed by atoms with Gasteiger partial charge in [0.1, 0.15) is 0 Å². The van der Waals surface area contributed by atoms with Crippen molar-refractivity contribution in [1.82, 2.24) is 0 Å². The summed E-state index contributed by atoms with van der Waals surface area (Å²) in [7, 11) is 0. The minimum absolute atomic E-state index is 0.223. The van der Waals surface area contributed by atoms with Crippen molar-refractivity contribution < 1.29 is 0 Å². The van der Waals surface area contributed by atoms with Crippen molar-refractivity contribution in [3.8, 4) is 33.4 Å². The van der Waals surface area contributed by atoms with E-state index >= 15 is 0 Å². The number of allylic oxidation sites excluding steroid dienone is 15. The van der Waals surface area contributed by atoms with Gasteiger partial charge in [0.05, 0.1) is 11.1 Å². The molecule has 7 aromatic rings. The van der Waals surface area contributed by atoms with Crippen molar-refractivity contribution in [2.75, 3.05) is 10.2 Å². The summed E-state index contributed by atoms with van der Waals surface area (Å²) in [5, 5.41) is 4.02. The van der Waals surface area contributed by atoms with Gasteiger partial charge in [-0.2, -0.15) is 0 Å². The zero-order valence-corrected chi connectivity index (χ0v) is 41.7. The van der Waals surface area contributed by atoms with Crippen LogP contribution >= 0.6 is 0 Å². The fourth-order valence-corrected chi connectivity index (χ4v) is 13.0. The van der Waals surface area contributed by atoms with Crippen LogP contribution in [0.25, 0.3) is 39.0 Å². The van der Waals surface area contributed by atoms with Gasteiger partial charge >= 0.3 is 0 Å². The van der Waals surface area contributed by atoms with Crippen molar-refractivity contribution in [3.63, 3.8) is 0 Å². The van der Waals surface area contributed by atoms with E-state index in [0.717, 1.165) is 73.3 Å². The number of rotatable bonds is 8. The van der Waals surface area contributed by atoms with Gasteiger partial charge < -0.3 is 10.2 Å². The van der Waals surface area contributed by atoms with Crippen LogP contribution in [0.4, 0.5) is 22.7 Å². The van der Waals surface area contributed by atoms with Gasteiger partial charge in [0.2, 0.25) is 0 Å². The lowest BCUT2D eigenvalue weighted by Crippen LogP contribution is -2.28. The SMILES string of the molecule is C=C1/C=C\CCCC2=C(C=CCC2)C(Nc2ccc(-c3ccc(N(c4ccc(-c5ccccc5)cc4)c4ccc5c(c4)C4(C6=C(C=CCC6)c6ccccc64)c4ccccc4-5)cc3)cc2)=C1C1C=CC=CC1C. The molecule has 0 heterocycles. The first-order chi connectivity index (χ1) is 36.0. The van der Waals surface area contributed by atoms with E-state index in [1.165, 1.54) is 83.6 Å². The first-order valence-electron chi connectivity index (χ1n) is 26.6. The van der Waals surface area contributed by atoms with E-state index in [1.807, 2.05) is 0 Å². The number of hydrogen-bond donors (Lipinski definition) is 1. The average Bonchev–Trinajstić information content (AvgIpc) is 3.92. The molecular formula is C71H60N2. The number of hydrogen-bond acceptors (Lipinski definition) is 2. The number of nitrogens with zero attached hydrogens (tertiary/aromatic N) is 1. The highest BCUT2D eigenvalue weighted by atomic mass is 15.1. The number of anilines is 4. The summed E-state index contributed by atoms with van der Waals surface area (Å²) in [4.78, 5) is 2.45. The molecule has 6 aliphatic rings. The van der Waals surface area contributed by atoms with Crippen molar-refractivity contribution >= 4 is 28.3 Å². The summed E-state index contributed by atoms with van der Waals surface area (Å²) in [6.45, 7) is 7.03. The first-order valence-corrected chi connectivity index (χ1v) is 26.6. The summed E-state index contributed by atoms with van der Waals surface area (Å²) in [5.41, 5.74) is 26.5. The molecule has 2 heteroatoms. The summed E-state index contributed by atoms with van der Waals surface area (Å²) in [6.07, 6.45) is 30.8. The molecule has 0 radical (unpaired) electrons. The van der Waals surface area contributed by atoms with E-state index < -0.39 is 0 Å². The van der Waals surface area contributed by atoms with Gasteiger partial charge in [-0.05, 0) is 183 Å². The molecule has 73 heavy (non-hydrogen) atoms. The van der Waals surface area contributed by atoms with E-state index in [1.54, 1.807) is 5.57 Å². The molecule has 354 valence electrons. The zero-order chi connectivity index (χ0) is 48.9. The second-order valence-electron chi connectivity index (χ2n) is 20.6. The van der Waals surface area contributed by atoms with Crippen LogP contribution in [0.2, 0.25) is 0 Å². The van der Waals surface area contributed by atoms with Crippen LogP contribution in [0.5, 0.6) is 0 Å². The normalized spacial score (nSPS) is 20.9. The Bertz CT molecular complexity index is 3570. The van der Waals surface area contributed by atoms with E-state index in [9.17, 15) is 0 Å². The predicted octanol–water partition coefficient (Wildman–Crippen LogP) is 18.9. The zero-order valence-electron chi connectivity index (χ0n) is 41.7. The third-order valence-corrected chi connectivity index (χ3v) is 16.5. The Morgan fingerprint density at radius 1 is 0.507 bits per heavy atom. The van der Waals surface area contributed by atoms with E-state index in [4.69, 9.17) is 6.58 Å². The molecule has 0 saturated carbocycles. The first kappa shape index (κ1) is 44.7. The molecule has 3 atom stereocenters. The predicted molar refractivity (Wildman–Crippen MR) is 308 cm³/mol. The van der Waals surface area contributed by atoms with Crippen molar-refractivity contribution in [1.29, 1.82) is 0 Å². The quantitative estimate of drug-likeness (QED) is 0.163. The third-order valence-electron chi connectivity index (χ3n) is 16.5. The van der Waals surface area contributed by atoms with Crippen LogP contribution in [0.15, 0.2) is 271 Å². The molecule has 0 aliphatic heterocycles. The monoisotopic (exact) mass is 940 g/mol. The smallest absolute Gasteiger partial charge is 0.0689 e. The molecule has 1 N–H and O–H groups in total. The van der Waals surface area contributed by atoms with Crippen LogP contribution < -0.4 is 10.2 Å². The maximum atomic E-state index is 4.70. The van der Waals surface area contributed by atoms with Gasteiger partial charge in [-0.1, -0.05) is 201 Å². The summed E-state index contributed by atoms with van der Waals surface area (Å²) >= 11 is 0. The minimum Gasteiger partial charge on any atom is -0.355 e. The van der Waals surface area contributed by atoms with Gasteiger partial charge in [-0.25, -0.2) is 0 Å². The molecule has 7 aromatic carbocycles. The molecule has 0 saturated heterocycles. The second kappa shape index (κ2) is 18.8. The van der Waals surface area contributed by atoms with Crippen molar-refractivity contribution in [3.05, 3.63) is 293 Å². The molecule has 3 unspecified atom stereocenters. The van der Waals surface area contributed by atoms with Gasteiger partial charge in [0.25, 0.3) is 0 Å². The Kier molecular flexibility index (Phi) is 11.5. The summed E-state index contributed by atoms with van der Waals surface area (Å²) in [6, 6.07) is 63.6. The Labute approximate surface area is 431 Å². The highest BCUT2D eigenvalue weighted by Crippen LogP contribution is 2.64. The molecule has 13 rings (SSSR count). The second-order valence-corrected chi connectivity index (χ2v) is 20.6. The fourth-order valence-electron chi connectivity index (χ4n) is 13.0. The van der Waals surface area contributed by atoms with Gasteiger partial charge in [-0.3, -0.25) is 0 Å². The van der Waals surface area contributed by atoms with Crippen LogP contribution in [0.1, 0.15) is 74.1 Å². The Hall–Kier alpha value is -8.20. The van der Waals surface area contributed by atoms with E-state index in [2.05, 4.69) is 248 Å². The standard InChI is InChI=1S/C71H60N2/c1-48-19-9-11-25-59(48)69-49(2)20-5-3-8-23-54-24-10-12-26-60(54)70(69)72-55-39-33-51(34-40-55)53-37-43-57(44-38-53)73(56-41-35-52(36-42-56)50-21-6-4-7-22-50)58-45-46-64-63-29-15-18-32-67(63)71(68(64)47-58)65-30-16-13-27-61(65)62-28-14-17-31-66(62)71/h4-7,9,11-16,18-22,25-30,32-48,59,72H,2-3,8,10,17,23-24,31H2,1H3/b20-5-,70-69?. The highest BCUT2D eigenvalue weighted by Gasteiger charge is 2.52. The van der Waals surface area contributed by atoms with Crippen molar-refractivity contribution in [2.45, 2.75) is 57.3 Å². The highest BCUT2D eigenvalue weighted by molar-refractivity contribution is 5.98. The fraction of sp³-hybridized carbons (Fsp3) is 0.155. The summed E-state index contributed by atoms with van der Waals surface area (Å²) in [5.74, 6) is 0.582. The number of fused-ring (bicyclic) bond motifs is 9. The maximum absolute atomic E-state index is 4.70. The van der Waals surface area contributed by atoms with Crippen LogP contribution in [0.3, 0.4) is 0 Å². The Balaban J connectivity index is 0.884. The summed E-state index contributed by atoms with van der Waals surface area (Å²) < 4.78 is 0. The third kappa shape index (κ3) is 7.71. The molecule has 0 bridgehead atoms. The van der Waals surface area contributed by atoms with Crippen molar-refractivity contribution in [2.24, 2.45) is 11.8 Å². The molecule has 0 amide bonds. The molecule has 0 fully saturated rings.